The van der Waals surface area contributed by atoms with Crippen LogP contribution in [-0.4, -0.2) is 22.0 Å². The van der Waals surface area contributed by atoms with E-state index in [4.69, 9.17) is 0 Å². The fourth-order valence-corrected chi connectivity index (χ4v) is 3.51. The molecule has 0 bridgehead atoms. The Morgan fingerprint density at radius 3 is 2.44 bits per heavy atom. The molecular formula is C20H16N4O2S. The average Bonchev–Trinajstić information content (AvgIpc) is 3.26. The number of fused-ring (bicyclic) bond motifs is 1. The van der Waals surface area contributed by atoms with Gasteiger partial charge in [-0.2, -0.15) is 5.10 Å². The number of aromatic nitrogens is 2. The quantitative estimate of drug-likeness (QED) is 0.492. The molecule has 0 saturated heterocycles. The number of benzene rings is 2. The van der Waals surface area contributed by atoms with Crippen LogP contribution in [0.3, 0.4) is 0 Å². The minimum atomic E-state index is -0.238. The van der Waals surface area contributed by atoms with Crippen molar-refractivity contribution in [2.75, 3.05) is 10.6 Å². The molecule has 2 heterocycles. The molecule has 0 aliphatic carbocycles. The molecule has 0 atom stereocenters. The van der Waals surface area contributed by atoms with E-state index in [2.05, 4.69) is 20.8 Å². The minimum absolute atomic E-state index is 0.206. The van der Waals surface area contributed by atoms with E-state index in [0.29, 0.717) is 26.5 Å². The predicted molar refractivity (Wildman–Crippen MR) is 107 cm³/mol. The number of nitrogens with zero attached hydrogens (tertiary/aromatic N) is 1. The molecule has 2 aromatic carbocycles. The van der Waals surface area contributed by atoms with Gasteiger partial charge in [-0.15, -0.1) is 11.3 Å². The summed E-state index contributed by atoms with van der Waals surface area (Å²) in [6, 6.07) is 18.2. The molecule has 7 heteroatoms. The van der Waals surface area contributed by atoms with Gasteiger partial charge in [-0.1, -0.05) is 35.9 Å². The number of hydrogen-bond donors (Lipinski definition) is 3. The highest BCUT2D eigenvalue weighted by Crippen LogP contribution is 2.30. The van der Waals surface area contributed by atoms with Crippen LogP contribution in [-0.2, 0) is 0 Å². The Bertz CT molecular complexity index is 1110. The van der Waals surface area contributed by atoms with E-state index in [1.54, 1.807) is 30.3 Å². The van der Waals surface area contributed by atoms with Crippen molar-refractivity contribution in [3.63, 3.8) is 0 Å². The van der Waals surface area contributed by atoms with Crippen LogP contribution in [0.1, 0.15) is 25.6 Å². The Hall–Kier alpha value is -3.45. The lowest BCUT2D eigenvalue weighted by Gasteiger charge is -2.04. The smallest absolute Gasteiger partial charge is 0.265 e. The third-order valence-electron chi connectivity index (χ3n) is 4.06. The van der Waals surface area contributed by atoms with Gasteiger partial charge in [0.05, 0.1) is 10.3 Å². The predicted octanol–water partition coefficient (Wildman–Crippen LogP) is 4.44. The van der Waals surface area contributed by atoms with E-state index in [-0.39, 0.29) is 11.8 Å². The zero-order chi connectivity index (χ0) is 18.8. The molecular weight excluding hydrogens is 360 g/mol. The highest BCUT2D eigenvalue weighted by Gasteiger charge is 2.17. The number of aryl methyl sites for hydroxylation is 1. The second kappa shape index (κ2) is 7.05. The average molecular weight is 376 g/mol. The first-order valence-electron chi connectivity index (χ1n) is 8.32. The summed E-state index contributed by atoms with van der Waals surface area (Å²) in [6.45, 7) is 1.99. The Balaban J connectivity index is 1.54. The second-order valence-electron chi connectivity index (χ2n) is 6.07. The number of nitrogens with one attached hydrogen (secondary N) is 3. The summed E-state index contributed by atoms with van der Waals surface area (Å²) in [5, 5.41) is 13.4. The van der Waals surface area contributed by atoms with Crippen LogP contribution < -0.4 is 10.6 Å². The Morgan fingerprint density at radius 2 is 1.70 bits per heavy atom. The standard InChI is InChI=1S/C20H16N4O2S/c1-12-7-9-14(10-8-12)21-19(26)16-11-15-17(23-24-20(15)27-16)22-18(25)13-5-3-2-4-6-13/h2-11H,1H3,(H,21,26)(H2,22,23,24,25). The van der Waals surface area contributed by atoms with Crippen LogP contribution >= 0.6 is 11.3 Å². The van der Waals surface area contributed by atoms with Crippen molar-refractivity contribution in [2.24, 2.45) is 0 Å². The molecule has 4 aromatic rings. The third-order valence-corrected chi connectivity index (χ3v) is 5.09. The number of thiophene rings is 1. The van der Waals surface area contributed by atoms with Crippen LogP contribution in [0.25, 0.3) is 10.2 Å². The van der Waals surface area contributed by atoms with Crippen molar-refractivity contribution in [2.45, 2.75) is 6.92 Å². The summed E-state index contributed by atoms with van der Waals surface area (Å²) < 4.78 is 0. The van der Waals surface area contributed by atoms with Crippen molar-refractivity contribution in [1.29, 1.82) is 0 Å². The van der Waals surface area contributed by atoms with Gasteiger partial charge in [0.1, 0.15) is 10.6 Å². The van der Waals surface area contributed by atoms with Crippen molar-refractivity contribution < 1.29 is 9.59 Å². The van der Waals surface area contributed by atoms with Crippen LogP contribution in [0.5, 0.6) is 0 Å². The van der Waals surface area contributed by atoms with Crippen LogP contribution in [0, 0.1) is 6.92 Å². The zero-order valence-corrected chi connectivity index (χ0v) is 15.3. The van der Waals surface area contributed by atoms with Crippen molar-refractivity contribution >= 4 is 44.9 Å². The molecule has 27 heavy (non-hydrogen) atoms. The number of aromatic amines is 1. The minimum Gasteiger partial charge on any atom is -0.321 e. The Morgan fingerprint density at radius 1 is 0.963 bits per heavy atom. The van der Waals surface area contributed by atoms with Crippen molar-refractivity contribution in [3.8, 4) is 0 Å². The molecule has 0 aliphatic rings. The number of carbonyl (C=O) groups is 2. The first-order valence-corrected chi connectivity index (χ1v) is 9.14. The molecule has 0 fully saturated rings. The van der Waals surface area contributed by atoms with Gasteiger partial charge >= 0.3 is 0 Å². The molecule has 4 rings (SSSR count). The van der Waals surface area contributed by atoms with Gasteiger partial charge in [0, 0.05) is 11.3 Å². The summed E-state index contributed by atoms with van der Waals surface area (Å²) >= 11 is 1.27. The first-order chi connectivity index (χ1) is 13.1. The van der Waals surface area contributed by atoms with Gasteiger partial charge < -0.3 is 10.6 Å². The fourth-order valence-electron chi connectivity index (χ4n) is 2.62. The summed E-state index contributed by atoms with van der Waals surface area (Å²) in [7, 11) is 0. The van der Waals surface area contributed by atoms with Crippen LogP contribution in [0.15, 0.2) is 60.7 Å². The van der Waals surface area contributed by atoms with Crippen molar-refractivity contribution in [3.05, 3.63) is 76.7 Å². The van der Waals surface area contributed by atoms with Gasteiger partial charge in [-0.3, -0.25) is 14.7 Å². The maximum absolute atomic E-state index is 12.5. The molecule has 2 aromatic heterocycles. The van der Waals surface area contributed by atoms with Gasteiger partial charge in [0.25, 0.3) is 11.8 Å². The van der Waals surface area contributed by atoms with Crippen LogP contribution in [0.4, 0.5) is 11.5 Å². The Kier molecular flexibility index (Phi) is 4.43. The number of hydrogen-bond acceptors (Lipinski definition) is 4. The zero-order valence-electron chi connectivity index (χ0n) is 14.4. The van der Waals surface area contributed by atoms with E-state index in [9.17, 15) is 9.59 Å². The SMILES string of the molecule is Cc1ccc(NC(=O)c2cc3c(NC(=O)c4ccccc4)[nH]nc3s2)cc1. The van der Waals surface area contributed by atoms with E-state index in [1.165, 1.54) is 11.3 Å². The molecule has 6 nitrogen and oxygen atoms in total. The van der Waals surface area contributed by atoms with E-state index < -0.39 is 0 Å². The van der Waals surface area contributed by atoms with Gasteiger partial charge in [0.2, 0.25) is 0 Å². The summed E-state index contributed by atoms with van der Waals surface area (Å²) in [5.41, 5.74) is 2.41. The van der Waals surface area contributed by atoms with Crippen LogP contribution in [0.2, 0.25) is 0 Å². The molecule has 0 aliphatic heterocycles. The number of amides is 2. The highest BCUT2D eigenvalue weighted by atomic mass is 32.1. The molecule has 134 valence electrons. The normalized spacial score (nSPS) is 10.7. The molecule has 0 saturated carbocycles. The van der Waals surface area contributed by atoms with Gasteiger partial charge in [-0.05, 0) is 37.3 Å². The van der Waals surface area contributed by atoms with E-state index in [1.807, 2.05) is 37.3 Å². The fraction of sp³-hybridized carbons (Fsp3) is 0.0500. The van der Waals surface area contributed by atoms with E-state index in [0.717, 1.165) is 11.3 Å². The number of anilines is 2. The molecule has 0 radical (unpaired) electrons. The maximum atomic E-state index is 12.5. The number of rotatable bonds is 4. The van der Waals surface area contributed by atoms with Crippen molar-refractivity contribution in [1.82, 2.24) is 10.2 Å². The number of H-pyrrole nitrogens is 1. The number of carbonyl (C=O) groups excluding carboxylic acids is 2. The molecule has 2 amide bonds. The summed E-state index contributed by atoms with van der Waals surface area (Å²) in [5.74, 6) is 0.0321. The molecule has 0 unspecified atom stereocenters. The lowest BCUT2D eigenvalue weighted by molar-refractivity contribution is 0.102. The summed E-state index contributed by atoms with van der Waals surface area (Å²) in [6.07, 6.45) is 0. The van der Waals surface area contributed by atoms with Gasteiger partial charge in [0.15, 0.2) is 0 Å². The molecule has 3 N–H and O–H groups in total. The Labute approximate surface area is 159 Å². The largest absolute Gasteiger partial charge is 0.321 e. The topological polar surface area (TPSA) is 86.9 Å². The second-order valence-corrected chi connectivity index (χ2v) is 7.10. The maximum Gasteiger partial charge on any atom is 0.265 e. The first kappa shape index (κ1) is 17.0. The lowest BCUT2D eigenvalue weighted by Crippen LogP contribution is -2.12. The summed E-state index contributed by atoms with van der Waals surface area (Å²) in [4.78, 5) is 26.0. The monoisotopic (exact) mass is 376 g/mol. The third kappa shape index (κ3) is 3.58. The highest BCUT2D eigenvalue weighted by molar-refractivity contribution is 7.20. The molecule has 0 spiro atoms. The lowest BCUT2D eigenvalue weighted by atomic mass is 10.2. The van der Waals surface area contributed by atoms with E-state index >= 15 is 0 Å². The van der Waals surface area contributed by atoms with Gasteiger partial charge in [-0.25, -0.2) is 0 Å².